The van der Waals surface area contributed by atoms with E-state index in [0.29, 0.717) is 54.0 Å². The Bertz CT molecular complexity index is 1930. The molecule has 0 bridgehead atoms. The molecule has 0 saturated heterocycles. The van der Waals surface area contributed by atoms with Gasteiger partial charge in [0.1, 0.15) is 23.2 Å². The van der Waals surface area contributed by atoms with Crippen molar-refractivity contribution < 1.29 is 36.9 Å². The summed E-state index contributed by atoms with van der Waals surface area (Å²) < 4.78 is 64.6. The van der Waals surface area contributed by atoms with Crippen LogP contribution in [-0.4, -0.2) is 44.2 Å². The normalized spacial score (nSPS) is 11.3. The van der Waals surface area contributed by atoms with Gasteiger partial charge in [0.25, 0.3) is 0 Å². The largest absolute Gasteiger partial charge is 0.494 e. The number of aromatic nitrogens is 5. The van der Waals surface area contributed by atoms with Crippen molar-refractivity contribution in [3.8, 4) is 28.9 Å². The van der Waals surface area contributed by atoms with Gasteiger partial charge in [-0.1, -0.05) is 18.2 Å². The number of pyridine rings is 1. The zero-order chi connectivity index (χ0) is 33.6. The Kier molecular flexibility index (Phi) is 9.96. The highest BCUT2D eigenvalue weighted by atomic mass is 19.4. The van der Waals surface area contributed by atoms with Gasteiger partial charge >= 0.3 is 12.1 Å². The number of rotatable bonds is 12. The van der Waals surface area contributed by atoms with Crippen LogP contribution in [0.15, 0.2) is 73.2 Å². The molecule has 0 saturated carbocycles. The Balaban J connectivity index is 1.31. The molecule has 3 heterocycles. The molecule has 242 valence electrons. The fourth-order valence-electron chi connectivity index (χ4n) is 5.03. The number of ether oxygens (including phenoxy) is 1. The average Bonchev–Trinajstić information content (AvgIpc) is 3.71. The molecule has 2 aromatic carbocycles. The maximum absolute atomic E-state index is 14.5. The van der Waals surface area contributed by atoms with Crippen molar-refractivity contribution >= 4 is 5.97 Å². The lowest BCUT2D eigenvalue weighted by Gasteiger charge is -2.14. The van der Waals surface area contributed by atoms with Crippen LogP contribution in [0.5, 0.6) is 5.75 Å². The van der Waals surface area contributed by atoms with E-state index >= 15 is 0 Å². The van der Waals surface area contributed by atoms with E-state index in [4.69, 9.17) is 10.00 Å². The van der Waals surface area contributed by atoms with Crippen molar-refractivity contribution in [1.82, 2.24) is 24.5 Å². The zero-order valence-electron chi connectivity index (χ0n) is 25.3. The number of benzene rings is 2. The number of aryl methyl sites for hydroxylation is 4. The topological polar surface area (TPSA) is 117 Å². The van der Waals surface area contributed by atoms with Gasteiger partial charge in [-0.25, -0.2) is 18.9 Å². The highest BCUT2D eigenvalue weighted by Crippen LogP contribution is 2.34. The van der Waals surface area contributed by atoms with Crippen molar-refractivity contribution in [2.24, 2.45) is 0 Å². The molecule has 0 fully saturated rings. The van der Waals surface area contributed by atoms with Gasteiger partial charge in [0.15, 0.2) is 11.5 Å². The highest BCUT2D eigenvalue weighted by Gasteiger charge is 2.41. The summed E-state index contributed by atoms with van der Waals surface area (Å²) in [6.45, 7) is 3.05. The maximum atomic E-state index is 14.5. The molecule has 0 aliphatic carbocycles. The van der Waals surface area contributed by atoms with E-state index in [1.165, 1.54) is 30.5 Å². The number of halogens is 4. The Morgan fingerprint density at radius 3 is 2.53 bits per heavy atom. The van der Waals surface area contributed by atoms with Gasteiger partial charge in [-0.05, 0) is 72.9 Å². The smallest absolute Gasteiger partial charge is 0.434 e. The minimum absolute atomic E-state index is 0.223. The molecule has 0 amide bonds. The molecule has 0 N–H and O–H groups in total. The SMILES string of the molecule is COOC(=O)c1cnn(-c2cccc(-c3cc(F)ccc3CCc3ccc(OCCCn4cc(C#N)cn4)cc3C)n2)c1C(F)(F)F. The molecule has 0 spiro atoms. The molecule has 0 aliphatic heterocycles. The first-order valence-corrected chi connectivity index (χ1v) is 14.4. The summed E-state index contributed by atoms with van der Waals surface area (Å²) in [6, 6.07) is 16.4. The van der Waals surface area contributed by atoms with E-state index in [0.717, 1.165) is 30.0 Å². The van der Waals surface area contributed by atoms with Crippen LogP contribution in [0.3, 0.4) is 0 Å². The first-order chi connectivity index (χ1) is 22.6. The van der Waals surface area contributed by atoms with E-state index in [2.05, 4.69) is 25.0 Å². The summed E-state index contributed by atoms with van der Waals surface area (Å²) in [5.74, 6) is -1.43. The summed E-state index contributed by atoms with van der Waals surface area (Å²) in [5.41, 5.74) is 1.66. The van der Waals surface area contributed by atoms with Crippen LogP contribution in [0.1, 0.15) is 44.7 Å². The van der Waals surface area contributed by atoms with E-state index in [1.807, 2.05) is 31.2 Å². The minimum atomic E-state index is -4.98. The highest BCUT2D eigenvalue weighted by molar-refractivity contribution is 5.90. The Morgan fingerprint density at radius 2 is 1.81 bits per heavy atom. The molecular weight excluding hydrogens is 620 g/mol. The van der Waals surface area contributed by atoms with E-state index in [-0.39, 0.29) is 11.5 Å². The quantitative estimate of drug-likeness (QED) is 0.0657. The van der Waals surface area contributed by atoms with Crippen LogP contribution in [-0.2, 0) is 35.3 Å². The van der Waals surface area contributed by atoms with Crippen molar-refractivity contribution in [2.45, 2.75) is 38.9 Å². The third kappa shape index (κ3) is 7.82. The maximum Gasteiger partial charge on any atom is 0.434 e. The van der Waals surface area contributed by atoms with Crippen molar-refractivity contribution in [2.75, 3.05) is 13.7 Å². The lowest BCUT2D eigenvalue weighted by Crippen LogP contribution is -2.19. The standard InChI is InChI=1S/C33H28F4N6O4/c1-21-15-26(46-14-4-13-42-20-22(17-38)18-39-42)12-10-23(21)7-8-24-9-11-25(34)16-27(24)29-5-3-6-30(41-29)43-31(33(35,36)37)28(19-40-43)32(44)47-45-2/h3,5-6,9-12,15-16,18-20H,4,7-8,13-14H2,1-2H3. The van der Waals surface area contributed by atoms with Crippen LogP contribution in [0.2, 0.25) is 0 Å². The molecule has 0 aliphatic rings. The number of hydrogen-bond acceptors (Lipinski definition) is 8. The van der Waals surface area contributed by atoms with Crippen LogP contribution in [0.4, 0.5) is 17.6 Å². The van der Waals surface area contributed by atoms with Crippen molar-refractivity contribution in [3.63, 3.8) is 0 Å². The summed E-state index contributed by atoms with van der Waals surface area (Å²) in [4.78, 5) is 25.0. The second-order valence-corrected chi connectivity index (χ2v) is 10.4. The van der Waals surface area contributed by atoms with Gasteiger partial charge < -0.3 is 4.74 Å². The summed E-state index contributed by atoms with van der Waals surface area (Å²) in [7, 11) is 0.989. The fraction of sp³-hybridized carbons (Fsp3) is 0.242. The molecule has 47 heavy (non-hydrogen) atoms. The van der Waals surface area contributed by atoms with Crippen LogP contribution in [0.25, 0.3) is 17.1 Å². The molecule has 14 heteroatoms. The fourth-order valence-corrected chi connectivity index (χ4v) is 5.03. The summed E-state index contributed by atoms with van der Waals surface area (Å²) in [6.07, 6.45) is 0.712. The van der Waals surface area contributed by atoms with Crippen LogP contribution >= 0.6 is 0 Å². The molecule has 5 aromatic rings. The van der Waals surface area contributed by atoms with Gasteiger partial charge in [0.05, 0.1) is 37.4 Å². The number of nitriles is 1. The predicted octanol–water partition coefficient (Wildman–Crippen LogP) is 6.44. The van der Waals surface area contributed by atoms with E-state index in [1.54, 1.807) is 23.0 Å². The molecular formula is C33H28F4N6O4. The van der Waals surface area contributed by atoms with Crippen molar-refractivity contribution in [3.05, 3.63) is 113 Å². The molecule has 3 aromatic heterocycles. The van der Waals surface area contributed by atoms with E-state index < -0.39 is 29.2 Å². The number of nitrogens with zero attached hydrogens (tertiary/aromatic N) is 6. The number of carbonyl (C=O) groups excluding carboxylic acids is 1. The second kappa shape index (κ2) is 14.3. The number of carbonyl (C=O) groups is 1. The number of hydrogen-bond donors (Lipinski definition) is 0. The Hall–Kier alpha value is -5.55. The summed E-state index contributed by atoms with van der Waals surface area (Å²) in [5, 5.41) is 16.8. The lowest BCUT2D eigenvalue weighted by atomic mass is 9.95. The van der Waals surface area contributed by atoms with Gasteiger partial charge in [0.2, 0.25) is 0 Å². The average molecular weight is 649 g/mol. The molecule has 10 nitrogen and oxygen atoms in total. The predicted molar refractivity (Wildman–Crippen MR) is 160 cm³/mol. The Labute approximate surface area is 266 Å². The first kappa shape index (κ1) is 32.8. The molecule has 0 atom stereocenters. The lowest BCUT2D eigenvalue weighted by molar-refractivity contribution is -0.216. The van der Waals surface area contributed by atoms with Crippen LogP contribution in [0, 0.1) is 24.1 Å². The second-order valence-electron chi connectivity index (χ2n) is 10.4. The van der Waals surface area contributed by atoms with Crippen LogP contribution < -0.4 is 4.74 Å². The van der Waals surface area contributed by atoms with Gasteiger partial charge in [-0.2, -0.15) is 33.5 Å². The van der Waals surface area contributed by atoms with Gasteiger partial charge in [0, 0.05) is 24.7 Å². The monoisotopic (exact) mass is 648 g/mol. The van der Waals surface area contributed by atoms with E-state index in [9.17, 15) is 22.4 Å². The molecule has 0 unspecified atom stereocenters. The van der Waals surface area contributed by atoms with Crippen molar-refractivity contribution in [1.29, 1.82) is 5.26 Å². The first-order valence-electron chi connectivity index (χ1n) is 14.4. The van der Waals surface area contributed by atoms with Gasteiger partial charge in [-0.3, -0.25) is 9.57 Å². The third-order valence-electron chi connectivity index (χ3n) is 7.26. The summed E-state index contributed by atoms with van der Waals surface area (Å²) >= 11 is 0. The minimum Gasteiger partial charge on any atom is -0.494 e. The zero-order valence-corrected chi connectivity index (χ0v) is 25.3. The third-order valence-corrected chi connectivity index (χ3v) is 7.26. The number of alkyl halides is 3. The molecule has 5 rings (SSSR count). The van der Waals surface area contributed by atoms with Gasteiger partial charge in [-0.15, -0.1) is 0 Å². The Morgan fingerprint density at radius 1 is 1.02 bits per heavy atom. The molecule has 0 radical (unpaired) electrons.